The lowest BCUT2D eigenvalue weighted by molar-refractivity contribution is 0.149. The molecule has 0 saturated carbocycles. The molecule has 1 atom stereocenters. The molecular weight excluding hydrogens is 328 g/mol. The molecule has 2 N–H and O–H groups in total. The molecule has 3 aromatic rings. The molecule has 0 radical (unpaired) electrons. The van der Waals surface area contributed by atoms with E-state index in [0.717, 1.165) is 27.9 Å². The number of aromatic amines is 1. The highest BCUT2D eigenvalue weighted by molar-refractivity contribution is 5.82. The molecule has 26 heavy (non-hydrogen) atoms. The molecule has 0 fully saturated rings. The SMILES string of the molecule is CCOC(=O)NC(C)Cc1cc2cc(OCc3ccccc3)ccc2[nH]1. The van der Waals surface area contributed by atoms with E-state index >= 15 is 0 Å². The van der Waals surface area contributed by atoms with Crippen molar-refractivity contribution in [3.05, 3.63) is 65.9 Å². The maximum Gasteiger partial charge on any atom is 0.407 e. The number of rotatable bonds is 7. The fraction of sp³-hybridized carbons (Fsp3) is 0.286. The summed E-state index contributed by atoms with van der Waals surface area (Å²) in [4.78, 5) is 14.9. The van der Waals surface area contributed by atoms with E-state index < -0.39 is 0 Å². The van der Waals surface area contributed by atoms with Crippen LogP contribution in [0.15, 0.2) is 54.6 Å². The van der Waals surface area contributed by atoms with Crippen LogP contribution in [0.3, 0.4) is 0 Å². The molecule has 2 aromatic carbocycles. The molecule has 1 amide bonds. The zero-order chi connectivity index (χ0) is 18.4. The van der Waals surface area contributed by atoms with Gasteiger partial charge in [0.1, 0.15) is 12.4 Å². The quantitative estimate of drug-likeness (QED) is 0.661. The van der Waals surface area contributed by atoms with Gasteiger partial charge in [-0.1, -0.05) is 30.3 Å². The lowest BCUT2D eigenvalue weighted by Crippen LogP contribution is -2.34. The topological polar surface area (TPSA) is 63.4 Å². The van der Waals surface area contributed by atoms with Gasteiger partial charge in [-0.05, 0) is 43.7 Å². The highest BCUT2D eigenvalue weighted by atomic mass is 16.5. The van der Waals surface area contributed by atoms with E-state index in [1.165, 1.54) is 0 Å². The Bertz CT molecular complexity index is 858. The third-order valence-electron chi connectivity index (χ3n) is 4.06. The standard InChI is InChI=1S/C21H24N2O3/c1-3-25-21(24)22-15(2)11-18-12-17-13-19(9-10-20(17)23-18)26-14-16-7-5-4-6-8-16/h4-10,12-13,15,23H,3,11,14H2,1-2H3,(H,22,24). The highest BCUT2D eigenvalue weighted by Gasteiger charge is 2.10. The smallest absolute Gasteiger partial charge is 0.407 e. The van der Waals surface area contributed by atoms with E-state index in [9.17, 15) is 4.79 Å². The van der Waals surface area contributed by atoms with Gasteiger partial charge in [-0.25, -0.2) is 4.79 Å². The van der Waals surface area contributed by atoms with Crippen LogP contribution in [0.25, 0.3) is 10.9 Å². The Morgan fingerprint density at radius 1 is 1.15 bits per heavy atom. The first-order valence-electron chi connectivity index (χ1n) is 8.85. The Morgan fingerprint density at radius 3 is 2.73 bits per heavy atom. The van der Waals surface area contributed by atoms with Crippen molar-refractivity contribution in [2.45, 2.75) is 32.9 Å². The van der Waals surface area contributed by atoms with Crippen molar-refractivity contribution in [1.82, 2.24) is 10.3 Å². The molecule has 0 bridgehead atoms. The van der Waals surface area contributed by atoms with Gasteiger partial charge in [0.25, 0.3) is 0 Å². The Labute approximate surface area is 153 Å². The number of benzene rings is 2. The number of aromatic nitrogens is 1. The molecule has 5 heteroatoms. The van der Waals surface area contributed by atoms with Crippen LogP contribution in [0.4, 0.5) is 4.79 Å². The summed E-state index contributed by atoms with van der Waals surface area (Å²) >= 11 is 0. The van der Waals surface area contributed by atoms with Gasteiger partial charge in [0, 0.05) is 29.1 Å². The molecule has 1 unspecified atom stereocenters. The van der Waals surface area contributed by atoms with Gasteiger partial charge in [0.15, 0.2) is 0 Å². The van der Waals surface area contributed by atoms with E-state index in [4.69, 9.17) is 9.47 Å². The third-order valence-corrected chi connectivity index (χ3v) is 4.06. The average molecular weight is 352 g/mol. The summed E-state index contributed by atoms with van der Waals surface area (Å²) < 4.78 is 10.8. The number of amides is 1. The maximum atomic E-state index is 11.5. The molecule has 1 heterocycles. The van der Waals surface area contributed by atoms with Crippen molar-refractivity contribution in [3.8, 4) is 5.75 Å². The largest absolute Gasteiger partial charge is 0.489 e. The average Bonchev–Trinajstić information content (AvgIpc) is 3.02. The first kappa shape index (κ1) is 17.9. The number of hydrogen-bond acceptors (Lipinski definition) is 3. The van der Waals surface area contributed by atoms with Gasteiger partial charge in [-0.2, -0.15) is 0 Å². The number of ether oxygens (including phenoxy) is 2. The normalized spacial score (nSPS) is 11.9. The molecule has 3 rings (SSSR count). The fourth-order valence-corrected chi connectivity index (χ4v) is 2.87. The van der Waals surface area contributed by atoms with Gasteiger partial charge in [0.2, 0.25) is 0 Å². The van der Waals surface area contributed by atoms with Crippen molar-refractivity contribution >= 4 is 17.0 Å². The van der Waals surface area contributed by atoms with Gasteiger partial charge in [0.05, 0.1) is 6.61 Å². The number of hydrogen-bond donors (Lipinski definition) is 2. The minimum absolute atomic E-state index is 0.0177. The Morgan fingerprint density at radius 2 is 1.96 bits per heavy atom. The number of fused-ring (bicyclic) bond motifs is 1. The van der Waals surface area contributed by atoms with Crippen LogP contribution in [-0.2, 0) is 17.8 Å². The summed E-state index contributed by atoms with van der Waals surface area (Å²) in [7, 11) is 0. The Balaban J connectivity index is 1.62. The second-order valence-corrected chi connectivity index (χ2v) is 6.29. The van der Waals surface area contributed by atoms with Gasteiger partial charge in [-0.15, -0.1) is 0 Å². The summed E-state index contributed by atoms with van der Waals surface area (Å²) in [5, 5.41) is 3.91. The molecule has 5 nitrogen and oxygen atoms in total. The number of carbonyl (C=O) groups is 1. The fourth-order valence-electron chi connectivity index (χ4n) is 2.87. The van der Waals surface area contributed by atoms with Crippen LogP contribution < -0.4 is 10.1 Å². The van der Waals surface area contributed by atoms with Crippen molar-refractivity contribution in [1.29, 1.82) is 0 Å². The minimum atomic E-state index is -0.382. The molecule has 136 valence electrons. The van der Waals surface area contributed by atoms with Crippen LogP contribution in [0.5, 0.6) is 5.75 Å². The third kappa shape index (κ3) is 4.79. The predicted octanol–water partition coefficient (Wildman–Crippen LogP) is 4.42. The Kier molecular flexibility index (Phi) is 5.79. The van der Waals surface area contributed by atoms with E-state index in [-0.39, 0.29) is 12.1 Å². The van der Waals surface area contributed by atoms with Crippen LogP contribution in [0.1, 0.15) is 25.1 Å². The number of carbonyl (C=O) groups excluding carboxylic acids is 1. The zero-order valence-corrected chi connectivity index (χ0v) is 15.1. The summed E-state index contributed by atoms with van der Waals surface area (Å²) in [5.41, 5.74) is 3.25. The van der Waals surface area contributed by atoms with E-state index in [1.807, 2.05) is 55.5 Å². The van der Waals surface area contributed by atoms with Crippen molar-refractivity contribution in [3.63, 3.8) is 0 Å². The van der Waals surface area contributed by atoms with Crippen molar-refractivity contribution in [2.75, 3.05) is 6.61 Å². The molecule has 0 saturated heterocycles. The van der Waals surface area contributed by atoms with E-state index in [2.05, 4.69) is 16.4 Å². The molecule has 0 aliphatic carbocycles. The summed E-state index contributed by atoms with van der Waals surface area (Å²) in [5.74, 6) is 0.838. The summed E-state index contributed by atoms with van der Waals surface area (Å²) in [6.07, 6.45) is 0.320. The van der Waals surface area contributed by atoms with Crippen molar-refractivity contribution in [2.24, 2.45) is 0 Å². The van der Waals surface area contributed by atoms with Gasteiger partial charge < -0.3 is 19.8 Å². The van der Waals surface area contributed by atoms with Crippen molar-refractivity contribution < 1.29 is 14.3 Å². The summed E-state index contributed by atoms with van der Waals surface area (Å²) in [6.45, 7) is 4.66. The second-order valence-electron chi connectivity index (χ2n) is 6.29. The number of alkyl carbamates (subject to hydrolysis) is 1. The number of nitrogens with one attached hydrogen (secondary N) is 2. The number of H-pyrrole nitrogens is 1. The molecule has 1 aromatic heterocycles. The van der Waals surface area contributed by atoms with Crippen LogP contribution in [-0.4, -0.2) is 23.7 Å². The lowest BCUT2D eigenvalue weighted by atomic mass is 10.2. The lowest BCUT2D eigenvalue weighted by Gasteiger charge is -2.12. The molecular formula is C21H24N2O3. The first-order chi connectivity index (χ1) is 12.6. The zero-order valence-electron chi connectivity index (χ0n) is 15.1. The second kappa shape index (κ2) is 8.43. The maximum absolute atomic E-state index is 11.5. The minimum Gasteiger partial charge on any atom is -0.489 e. The van der Waals surface area contributed by atoms with Crippen LogP contribution in [0.2, 0.25) is 0 Å². The molecule has 0 aliphatic rings. The molecule has 0 aliphatic heterocycles. The van der Waals surface area contributed by atoms with Crippen LogP contribution in [0, 0.1) is 0 Å². The van der Waals surface area contributed by atoms with Gasteiger partial charge in [-0.3, -0.25) is 0 Å². The van der Waals surface area contributed by atoms with Crippen LogP contribution >= 0.6 is 0 Å². The molecule has 0 spiro atoms. The monoisotopic (exact) mass is 352 g/mol. The summed E-state index contributed by atoms with van der Waals surface area (Å²) in [6, 6.07) is 18.2. The van der Waals surface area contributed by atoms with E-state index in [1.54, 1.807) is 6.92 Å². The Hall–Kier alpha value is -2.95. The van der Waals surface area contributed by atoms with Gasteiger partial charge >= 0.3 is 6.09 Å². The predicted molar refractivity (Wildman–Crippen MR) is 102 cm³/mol. The van der Waals surface area contributed by atoms with E-state index in [0.29, 0.717) is 19.6 Å². The first-order valence-corrected chi connectivity index (χ1v) is 8.85. The highest BCUT2D eigenvalue weighted by Crippen LogP contribution is 2.23.